The van der Waals surface area contributed by atoms with Gasteiger partial charge < -0.3 is 14.1 Å². The molecule has 0 fully saturated rings. The van der Waals surface area contributed by atoms with Crippen molar-refractivity contribution >= 4 is 11.1 Å². The maximum Gasteiger partial charge on any atom is 0.181 e. The lowest BCUT2D eigenvalue weighted by Crippen LogP contribution is -1.99. The molecule has 3 rings (SSSR count). The van der Waals surface area contributed by atoms with Gasteiger partial charge in [0.1, 0.15) is 11.3 Å². The highest BCUT2D eigenvalue weighted by molar-refractivity contribution is 5.78. The summed E-state index contributed by atoms with van der Waals surface area (Å²) in [4.78, 5) is 8.58. The van der Waals surface area contributed by atoms with Crippen molar-refractivity contribution in [1.29, 1.82) is 0 Å². The molecule has 3 aromatic rings. The minimum Gasteiger partial charge on any atom is -0.443 e. The molecule has 1 aromatic carbocycles. The second-order valence-corrected chi connectivity index (χ2v) is 4.16. The van der Waals surface area contributed by atoms with Gasteiger partial charge in [0.25, 0.3) is 0 Å². The van der Waals surface area contributed by atoms with Gasteiger partial charge in [0.15, 0.2) is 12.0 Å². The van der Waals surface area contributed by atoms with Crippen molar-refractivity contribution in [3.05, 3.63) is 36.6 Å². The fourth-order valence-electron chi connectivity index (χ4n) is 1.99. The average Bonchev–Trinajstić information content (AvgIpc) is 2.96. The maximum atomic E-state index is 8.96. The van der Waals surface area contributed by atoms with Crippen LogP contribution in [0.5, 0.6) is 0 Å². The third-order valence-electron chi connectivity index (χ3n) is 2.94. The number of aliphatic hydroxyl groups excluding tert-OH is 1. The Morgan fingerprint density at radius 1 is 1.39 bits per heavy atom. The van der Waals surface area contributed by atoms with Crippen LogP contribution in [0.3, 0.4) is 0 Å². The van der Waals surface area contributed by atoms with E-state index in [9.17, 15) is 0 Å². The summed E-state index contributed by atoms with van der Waals surface area (Å²) in [6, 6.07) is 5.80. The van der Waals surface area contributed by atoms with Crippen LogP contribution in [0.2, 0.25) is 0 Å². The van der Waals surface area contributed by atoms with E-state index in [0.717, 1.165) is 28.2 Å². The SMILES string of the molecule is Cn1cc(-c2ccc3ncoc3c2)nc1CCO. The molecule has 0 saturated carbocycles. The van der Waals surface area contributed by atoms with Crippen LogP contribution < -0.4 is 0 Å². The predicted octanol–water partition coefficient (Wildman–Crippen LogP) is 1.76. The van der Waals surface area contributed by atoms with Crippen molar-refractivity contribution in [2.75, 3.05) is 6.61 Å². The number of fused-ring (bicyclic) bond motifs is 1. The van der Waals surface area contributed by atoms with E-state index in [1.54, 1.807) is 0 Å². The summed E-state index contributed by atoms with van der Waals surface area (Å²) in [6.07, 6.45) is 3.94. The van der Waals surface area contributed by atoms with Gasteiger partial charge in [0.05, 0.1) is 12.3 Å². The van der Waals surface area contributed by atoms with Crippen LogP contribution in [-0.2, 0) is 13.5 Å². The fraction of sp³-hybridized carbons (Fsp3) is 0.231. The first-order chi connectivity index (χ1) is 8.78. The predicted molar refractivity (Wildman–Crippen MR) is 67.0 cm³/mol. The topological polar surface area (TPSA) is 64.1 Å². The lowest BCUT2D eigenvalue weighted by Gasteiger charge is -1.95. The zero-order valence-electron chi connectivity index (χ0n) is 10.00. The Morgan fingerprint density at radius 2 is 2.28 bits per heavy atom. The summed E-state index contributed by atoms with van der Waals surface area (Å²) >= 11 is 0. The molecule has 0 aliphatic carbocycles. The Bertz CT molecular complexity index is 684. The number of aryl methyl sites for hydroxylation is 1. The smallest absolute Gasteiger partial charge is 0.181 e. The second-order valence-electron chi connectivity index (χ2n) is 4.16. The van der Waals surface area contributed by atoms with E-state index in [0.29, 0.717) is 6.42 Å². The van der Waals surface area contributed by atoms with Crippen molar-refractivity contribution in [2.45, 2.75) is 6.42 Å². The van der Waals surface area contributed by atoms with Gasteiger partial charge in [-0.1, -0.05) is 6.07 Å². The van der Waals surface area contributed by atoms with Crippen molar-refractivity contribution in [3.8, 4) is 11.3 Å². The molecule has 0 aliphatic rings. The monoisotopic (exact) mass is 243 g/mol. The summed E-state index contributed by atoms with van der Waals surface area (Å²) in [5.41, 5.74) is 3.45. The number of aliphatic hydroxyl groups is 1. The molecule has 0 spiro atoms. The number of aromatic nitrogens is 3. The highest BCUT2D eigenvalue weighted by Crippen LogP contribution is 2.23. The van der Waals surface area contributed by atoms with E-state index in [2.05, 4.69) is 9.97 Å². The van der Waals surface area contributed by atoms with Crippen LogP contribution in [0.15, 0.2) is 35.2 Å². The molecule has 0 unspecified atom stereocenters. The van der Waals surface area contributed by atoms with E-state index in [-0.39, 0.29) is 6.61 Å². The third kappa shape index (κ3) is 1.78. The van der Waals surface area contributed by atoms with Gasteiger partial charge >= 0.3 is 0 Å². The summed E-state index contributed by atoms with van der Waals surface area (Å²) in [5, 5.41) is 8.96. The highest BCUT2D eigenvalue weighted by Gasteiger charge is 2.08. The standard InChI is InChI=1S/C13H13N3O2/c1-16-7-11(15-13(16)4-5-17)9-2-3-10-12(6-9)18-8-14-10/h2-3,6-8,17H,4-5H2,1H3. The molecule has 18 heavy (non-hydrogen) atoms. The summed E-state index contributed by atoms with van der Waals surface area (Å²) in [7, 11) is 1.93. The summed E-state index contributed by atoms with van der Waals surface area (Å²) in [5.74, 6) is 0.866. The van der Waals surface area contributed by atoms with E-state index in [1.165, 1.54) is 6.39 Å². The molecule has 0 saturated heterocycles. The Morgan fingerprint density at radius 3 is 3.11 bits per heavy atom. The summed E-state index contributed by atoms with van der Waals surface area (Å²) < 4.78 is 7.21. The van der Waals surface area contributed by atoms with Gasteiger partial charge in [-0.2, -0.15) is 0 Å². The van der Waals surface area contributed by atoms with Gasteiger partial charge in [0.2, 0.25) is 0 Å². The third-order valence-corrected chi connectivity index (χ3v) is 2.94. The minimum absolute atomic E-state index is 0.103. The Balaban J connectivity index is 2.05. The highest BCUT2D eigenvalue weighted by atomic mass is 16.3. The molecule has 1 N–H and O–H groups in total. The molecular weight excluding hydrogens is 230 g/mol. The number of rotatable bonds is 3. The van der Waals surface area contributed by atoms with E-state index >= 15 is 0 Å². The number of nitrogens with zero attached hydrogens (tertiary/aromatic N) is 3. The minimum atomic E-state index is 0.103. The van der Waals surface area contributed by atoms with E-state index < -0.39 is 0 Å². The number of benzene rings is 1. The number of hydrogen-bond acceptors (Lipinski definition) is 4. The van der Waals surface area contributed by atoms with Crippen molar-refractivity contribution in [1.82, 2.24) is 14.5 Å². The Labute approximate surface area is 104 Å². The lowest BCUT2D eigenvalue weighted by molar-refractivity contribution is 0.295. The Kier molecular flexibility index (Phi) is 2.60. The van der Waals surface area contributed by atoms with Crippen molar-refractivity contribution < 1.29 is 9.52 Å². The van der Waals surface area contributed by atoms with Crippen LogP contribution in [0, 0.1) is 0 Å². The van der Waals surface area contributed by atoms with Gasteiger partial charge in [0, 0.05) is 25.2 Å². The largest absolute Gasteiger partial charge is 0.443 e. The van der Waals surface area contributed by atoms with Gasteiger partial charge in [-0.3, -0.25) is 0 Å². The first-order valence-electron chi connectivity index (χ1n) is 5.74. The fourth-order valence-corrected chi connectivity index (χ4v) is 1.99. The molecule has 0 atom stereocenters. The summed E-state index contributed by atoms with van der Waals surface area (Å²) in [6.45, 7) is 0.103. The maximum absolute atomic E-state index is 8.96. The molecule has 2 heterocycles. The first kappa shape index (κ1) is 11.0. The van der Waals surface area contributed by atoms with Crippen molar-refractivity contribution in [2.24, 2.45) is 7.05 Å². The van der Waals surface area contributed by atoms with Gasteiger partial charge in [-0.05, 0) is 12.1 Å². The Hall–Kier alpha value is -2.14. The average molecular weight is 243 g/mol. The number of oxazole rings is 1. The quantitative estimate of drug-likeness (QED) is 0.761. The van der Waals surface area contributed by atoms with E-state index in [1.807, 2.05) is 36.0 Å². The number of hydrogen-bond donors (Lipinski definition) is 1. The molecule has 92 valence electrons. The zero-order valence-corrected chi connectivity index (χ0v) is 10.00. The van der Waals surface area contributed by atoms with Crippen LogP contribution in [0.4, 0.5) is 0 Å². The first-order valence-corrected chi connectivity index (χ1v) is 5.74. The molecule has 0 bridgehead atoms. The molecule has 2 aromatic heterocycles. The van der Waals surface area contributed by atoms with Gasteiger partial charge in [-0.25, -0.2) is 9.97 Å². The molecular formula is C13H13N3O2. The van der Waals surface area contributed by atoms with E-state index in [4.69, 9.17) is 9.52 Å². The van der Waals surface area contributed by atoms with Crippen LogP contribution in [0.1, 0.15) is 5.82 Å². The van der Waals surface area contributed by atoms with Crippen LogP contribution in [0.25, 0.3) is 22.4 Å². The number of imidazole rings is 1. The molecule has 0 amide bonds. The molecule has 0 radical (unpaired) electrons. The molecule has 5 nitrogen and oxygen atoms in total. The van der Waals surface area contributed by atoms with Gasteiger partial charge in [-0.15, -0.1) is 0 Å². The lowest BCUT2D eigenvalue weighted by atomic mass is 10.1. The van der Waals surface area contributed by atoms with Crippen LogP contribution >= 0.6 is 0 Å². The van der Waals surface area contributed by atoms with Crippen molar-refractivity contribution in [3.63, 3.8) is 0 Å². The normalized spacial score (nSPS) is 11.2. The molecule has 5 heteroatoms. The zero-order chi connectivity index (χ0) is 12.5. The molecule has 0 aliphatic heterocycles. The second kappa shape index (κ2) is 4.27. The van der Waals surface area contributed by atoms with Crippen LogP contribution in [-0.4, -0.2) is 26.2 Å².